The lowest BCUT2D eigenvalue weighted by molar-refractivity contribution is 0.592. The molecule has 2 aromatic carbocycles. The van der Waals surface area contributed by atoms with Crippen LogP contribution in [0.15, 0.2) is 51.1 Å². The molecule has 22 heavy (non-hydrogen) atoms. The first-order valence-electron chi connectivity index (χ1n) is 6.28. The molecule has 0 amide bonds. The van der Waals surface area contributed by atoms with Gasteiger partial charge in [0.1, 0.15) is 0 Å². The Bertz CT molecular complexity index is 949. The van der Waals surface area contributed by atoms with Gasteiger partial charge >= 0.3 is 0 Å². The molecule has 0 atom stereocenters. The second-order valence-electron chi connectivity index (χ2n) is 5.00. The highest BCUT2D eigenvalue weighted by Gasteiger charge is 2.22. The number of aryl methyl sites for hydroxylation is 2. The summed E-state index contributed by atoms with van der Waals surface area (Å²) in [4.78, 5) is -0.0166. The van der Waals surface area contributed by atoms with Gasteiger partial charge in [-0.1, -0.05) is 6.07 Å². The first kappa shape index (κ1) is 16.5. The summed E-state index contributed by atoms with van der Waals surface area (Å²) in [6, 6.07) is 8.33. The molecule has 0 saturated heterocycles. The van der Waals surface area contributed by atoms with E-state index in [2.05, 4.69) is 0 Å². The molecule has 0 radical (unpaired) electrons. The Morgan fingerprint density at radius 3 is 2.00 bits per heavy atom. The third kappa shape index (κ3) is 2.99. The molecule has 0 aliphatic carbocycles. The van der Waals surface area contributed by atoms with Crippen LogP contribution in [0.25, 0.3) is 0 Å². The van der Waals surface area contributed by atoms with E-state index in [1.807, 2.05) is 0 Å². The highest BCUT2D eigenvalue weighted by atomic mass is 32.2. The summed E-state index contributed by atoms with van der Waals surface area (Å²) in [7, 11) is -7.68. The predicted molar refractivity (Wildman–Crippen MR) is 83.6 cm³/mol. The fourth-order valence-corrected chi connectivity index (χ4v) is 4.52. The Labute approximate surface area is 129 Å². The van der Waals surface area contributed by atoms with Gasteiger partial charge in [0.25, 0.3) is 0 Å². The lowest BCUT2D eigenvalue weighted by Gasteiger charge is -2.11. The zero-order chi connectivity index (χ0) is 16.7. The lowest BCUT2D eigenvalue weighted by atomic mass is 10.2. The number of sulfonamides is 1. The largest absolute Gasteiger partial charge is 0.399 e. The number of hydrogen-bond acceptors (Lipinski definition) is 5. The topological polar surface area (TPSA) is 120 Å². The van der Waals surface area contributed by atoms with Crippen LogP contribution in [0.5, 0.6) is 0 Å². The SMILES string of the molecule is Cc1cc(S(=O)(=O)c2cc(N)ccc2C)ccc1S(N)(=O)=O. The maximum atomic E-state index is 12.7. The zero-order valence-electron chi connectivity index (χ0n) is 12.1. The highest BCUT2D eigenvalue weighted by Crippen LogP contribution is 2.27. The first-order chi connectivity index (χ1) is 10.0. The molecular formula is C14H16N2O4S2. The summed E-state index contributed by atoms with van der Waals surface area (Å²) in [5.41, 5.74) is 6.81. The molecule has 118 valence electrons. The Hall–Kier alpha value is -1.90. The van der Waals surface area contributed by atoms with Crippen LogP contribution in [-0.2, 0) is 19.9 Å². The quantitative estimate of drug-likeness (QED) is 0.817. The summed E-state index contributed by atoms with van der Waals surface area (Å²) in [6.07, 6.45) is 0. The van der Waals surface area contributed by atoms with Crippen LogP contribution in [0.3, 0.4) is 0 Å². The minimum atomic E-state index is -3.89. The van der Waals surface area contributed by atoms with E-state index in [-0.39, 0.29) is 20.2 Å². The van der Waals surface area contributed by atoms with Crippen molar-refractivity contribution in [3.63, 3.8) is 0 Å². The molecule has 8 heteroatoms. The van der Waals surface area contributed by atoms with E-state index >= 15 is 0 Å². The normalized spacial score (nSPS) is 12.3. The molecule has 0 spiro atoms. The second-order valence-corrected chi connectivity index (χ2v) is 8.45. The van der Waals surface area contributed by atoms with Gasteiger partial charge in [-0.05, 0) is 55.3 Å². The third-order valence-electron chi connectivity index (χ3n) is 3.26. The molecule has 2 aromatic rings. The number of benzene rings is 2. The molecule has 0 aliphatic rings. The highest BCUT2D eigenvalue weighted by molar-refractivity contribution is 7.91. The molecule has 2 rings (SSSR count). The standard InChI is InChI=1S/C14H16N2O4S2/c1-9-3-4-11(15)8-14(9)21(17,18)12-5-6-13(10(2)7-12)22(16,19)20/h3-8H,15H2,1-2H3,(H2,16,19,20). The van der Waals surface area contributed by atoms with Gasteiger partial charge in [-0.15, -0.1) is 0 Å². The fourth-order valence-electron chi connectivity index (χ4n) is 2.14. The van der Waals surface area contributed by atoms with Crippen LogP contribution < -0.4 is 10.9 Å². The van der Waals surface area contributed by atoms with E-state index in [1.165, 1.54) is 31.2 Å². The molecule has 0 fully saturated rings. The summed E-state index contributed by atoms with van der Waals surface area (Å²) in [5, 5.41) is 5.08. The first-order valence-corrected chi connectivity index (χ1v) is 9.31. The van der Waals surface area contributed by atoms with Crippen molar-refractivity contribution in [1.29, 1.82) is 0 Å². The molecular weight excluding hydrogens is 324 g/mol. The van der Waals surface area contributed by atoms with E-state index in [4.69, 9.17) is 10.9 Å². The van der Waals surface area contributed by atoms with E-state index in [9.17, 15) is 16.8 Å². The van der Waals surface area contributed by atoms with Crippen molar-refractivity contribution in [2.75, 3.05) is 5.73 Å². The second kappa shape index (κ2) is 5.38. The number of rotatable bonds is 3. The van der Waals surface area contributed by atoms with Gasteiger partial charge in [-0.3, -0.25) is 0 Å². The number of nitrogens with two attached hydrogens (primary N) is 2. The third-order valence-corrected chi connectivity index (χ3v) is 6.23. The summed E-state index contributed by atoms with van der Waals surface area (Å²) < 4.78 is 48.2. The summed E-state index contributed by atoms with van der Waals surface area (Å²) in [6.45, 7) is 3.16. The van der Waals surface area contributed by atoms with Gasteiger partial charge in [0.15, 0.2) is 0 Å². The van der Waals surface area contributed by atoms with E-state index in [1.54, 1.807) is 19.1 Å². The molecule has 0 aromatic heterocycles. The monoisotopic (exact) mass is 340 g/mol. The Balaban J connectivity index is 2.65. The molecule has 0 saturated carbocycles. The number of anilines is 1. The van der Waals surface area contributed by atoms with Gasteiger partial charge in [0.05, 0.1) is 14.7 Å². The maximum absolute atomic E-state index is 12.7. The summed E-state index contributed by atoms with van der Waals surface area (Å²) in [5.74, 6) is 0. The molecule has 6 nitrogen and oxygen atoms in total. The number of nitrogen functional groups attached to an aromatic ring is 1. The van der Waals surface area contributed by atoms with Crippen LogP contribution in [0, 0.1) is 13.8 Å². The van der Waals surface area contributed by atoms with Crippen LogP contribution in [0.1, 0.15) is 11.1 Å². The van der Waals surface area contributed by atoms with E-state index in [0.29, 0.717) is 11.3 Å². The van der Waals surface area contributed by atoms with Crippen molar-refractivity contribution in [3.05, 3.63) is 47.5 Å². The van der Waals surface area contributed by atoms with Gasteiger partial charge in [0.2, 0.25) is 19.9 Å². The Morgan fingerprint density at radius 1 is 0.818 bits per heavy atom. The average Bonchev–Trinajstić information content (AvgIpc) is 2.39. The molecule has 4 N–H and O–H groups in total. The molecule has 0 bridgehead atoms. The molecule has 0 heterocycles. The van der Waals surface area contributed by atoms with Crippen LogP contribution in [0.4, 0.5) is 5.69 Å². The van der Waals surface area contributed by atoms with Crippen LogP contribution in [0.2, 0.25) is 0 Å². The van der Waals surface area contributed by atoms with Gasteiger partial charge < -0.3 is 5.73 Å². The van der Waals surface area contributed by atoms with Gasteiger partial charge in [-0.2, -0.15) is 0 Å². The minimum Gasteiger partial charge on any atom is -0.399 e. The van der Waals surface area contributed by atoms with Gasteiger partial charge in [0, 0.05) is 5.69 Å². The number of primary sulfonamides is 1. The Morgan fingerprint density at radius 2 is 1.45 bits per heavy atom. The van der Waals surface area contributed by atoms with Gasteiger partial charge in [-0.25, -0.2) is 22.0 Å². The Kier molecular flexibility index (Phi) is 4.03. The van der Waals surface area contributed by atoms with Crippen molar-refractivity contribution < 1.29 is 16.8 Å². The predicted octanol–water partition coefficient (Wildman–Crippen LogP) is 1.37. The van der Waals surface area contributed by atoms with Crippen molar-refractivity contribution >= 4 is 25.5 Å². The van der Waals surface area contributed by atoms with Crippen LogP contribution in [-0.4, -0.2) is 16.8 Å². The van der Waals surface area contributed by atoms with Crippen molar-refractivity contribution in [3.8, 4) is 0 Å². The van der Waals surface area contributed by atoms with Crippen molar-refractivity contribution in [2.24, 2.45) is 5.14 Å². The van der Waals surface area contributed by atoms with Crippen molar-refractivity contribution in [1.82, 2.24) is 0 Å². The molecule has 0 aliphatic heterocycles. The molecule has 0 unspecified atom stereocenters. The number of sulfone groups is 1. The lowest BCUT2D eigenvalue weighted by Crippen LogP contribution is -2.14. The minimum absolute atomic E-state index is 0.00824. The summed E-state index contributed by atoms with van der Waals surface area (Å²) >= 11 is 0. The smallest absolute Gasteiger partial charge is 0.238 e. The number of hydrogen-bond donors (Lipinski definition) is 2. The average molecular weight is 340 g/mol. The van der Waals surface area contributed by atoms with Crippen molar-refractivity contribution in [2.45, 2.75) is 28.5 Å². The maximum Gasteiger partial charge on any atom is 0.238 e. The van der Waals surface area contributed by atoms with E-state index in [0.717, 1.165) is 0 Å². The fraction of sp³-hybridized carbons (Fsp3) is 0.143. The van der Waals surface area contributed by atoms with Crippen LogP contribution >= 0.6 is 0 Å². The zero-order valence-corrected chi connectivity index (χ0v) is 13.7. The van der Waals surface area contributed by atoms with E-state index < -0.39 is 19.9 Å².